The lowest BCUT2D eigenvalue weighted by atomic mass is 9.87. The van der Waals surface area contributed by atoms with Crippen molar-refractivity contribution in [3.8, 4) is 6.07 Å². The lowest BCUT2D eigenvalue weighted by Crippen LogP contribution is -2.46. The van der Waals surface area contributed by atoms with Crippen LogP contribution in [0.25, 0.3) is 0 Å². The van der Waals surface area contributed by atoms with Crippen LogP contribution in [0.1, 0.15) is 43.2 Å². The molecule has 1 amide bonds. The van der Waals surface area contributed by atoms with Gasteiger partial charge in [-0.1, -0.05) is 6.58 Å². The fourth-order valence-corrected chi connectivity index (χ4v) is 3.20. The van der Waals surface area contributed by atoms with E-state index in [4.69, 9.17) is 0 Å². The number of nitrogens with one attached hydrogen (secondary N) is 1. The van der Waals surface area contributed by atoms with Gasteiger partial charge >= 0.3 is 0 Å². The molecule has 0 spiro atoms. The summed E-state index contributed by atoms with van der Waals surface area (Å²) in [5, 5.41) is 11.8. The van der Waals surface area contributed by atoms with E-state index in [-0.39, 0.29) is 29.3 Å². The molecule has 1 aromatic carbocycles. The molecule has 1 aromatic rings. The molecule has 1 N–H and O–H groups in total. The summed E-state index contributed by atoms with van der Waals surface area (Å²) in [6, 6.07) is 3.16. The molecule has 23 heavy (non-hydrogen) atoms. The second-order valence-electron chi connectivity index (χ2n) is 6.11. The van der Waals surface area contributed by atoms with E-state index in [1.54, 1.807) is 4.90 Å². The molecule has 3 rings (SSSR count). The van der Waals surface area contributed by atoms with E-state index in [1.807, 2.05) is 13.0 Å². The summed E-state index contributed by atoms with van der Waals surface area (Å²) in [6.07, 6.45) is 1.66. The minimum Gasteiger partial charge on any atom is -0.367 e. The largest absolute Gasteiger partial charge is 0.367 e. The molecule has 120 valence electrons. The molecule has 4 nitrogen and oxygen atoms in total. The van der Waals surface area contributed by atoms with E-state index in [2.05, 4.69) is 11.9 Å². The molecule has 2 unspecified atom stereocenters. The van der Waals surface area contributed by atoms with E-state index >= 15 is 0 Å². The lowest BCUT2D eigenvalue weighted by molar-refractivity contribution is -0.123. The first-order valence-corrected chi connectivity index (χ1v) is 7.61. The number of halogens is 2. The van der Waals surface area contributed by atoms with Crippen molar-refractivity contribution >= 4 is 11.6 Å². The Labute approximate surface area is 133 Å². The van der Waals surface area contributed by atoms with Crippen LogP contribution in [0, 0.1) is 23.0 Å². The summed E-state index contributed by atoms with van der Waals surface area (Å²) in [6.45, 7) is 6.26. The highest BCUT2D eigenvalue weighted by atomic mass is 19.1. The topological polar surface area (TPSA) is 56.1 Å². The molecule has 2 atom stereocenters. The van der Waals surface area contributed by atoms with Crippen molar-refractivity contribution in [2.45, 2.75) is 38.1 Å². The minimum absolute atomic E-state index is 0.146. The third kappa shape index (κ3) is 2.46. The average Bonchev–Trinajstić information content (AvgIpc) is 2.48. The van der Waals surface area contributed by atoms with Gasteiger partial charge in [0.25, 0.3) is 0 Å². The van der Waals surface area contributed by atoms with E-state index in [1.165, 1.54) is 6.07 Å². The van der Waals surface area contributed by atoms with Crippen LogP contribution < -0.4 is 10.2 Å². The second kappa shape index (κ2) is 5.65. The van der Waals surface area contributed by atoms with Gasteiger partial charge in [-0.05, 0) is 32.3 Å². The quantitative estimate of drug-likeness (QED) is 0.912. The van der Waals surface area contributed by atoms with Gasteiger partial charge in [-0.2, -0.15) is 5.26 Å². The minimum atomic E-state index is -0.935. The summed E-state index contributed by atoms with van der Waals surface area (Å²) in [4.78, 5) is 13.9. The van der Waals surface area contributed by atoms with Crippen molar-refractivity contribution in [3.05, 3.63) is 41.1 Å². The highest BCUT2D eigenvalue weighted by Crippen LogP contribution is 2.38. The summed E-state index contributed by atoms with van der Waals surface area (Å²) >= 11 is 0. The van der Waals surface area contributed by atoms with Crippen LogP contribution in [-0.4, -0.2) is 18.5 Å². The van der Waals surface area contributed by atoms with Crippen LogP contribution in [0.15, 0.2) is 18.3 Å². The van der Waals surface area contributed by atoms with Crippen molar-refractivity contribution in [2.24, 2.45) is 0 Å². The Balaban J connectivity index is 2.07. The van der Waals surface area contributed by atoms with Crippen LogP contribution in [0.4, 0.5) is 14.5 Å². The number of hydrogen-bond acceptors (Lipinski definition) is 3. The van der Waals surface area contributed by atoms with Crippen LogP contribution in [0.2, 0.25) is 0 Å². The molecule has 6 heteroatoms. The molecule has 2 aliphatic rings. The van der Waals surface area contributed by atoms with Gasteiger partial charge in [0.1, 0.15) is 23.3 Å². The number of allylic oxidation sites excluding steroid dienone is 1. The molecule has 2 saturated heterocycles. The maximum absolute atomic E-state index is 14.8. The van der Waals surface area contributed by atoms with Crippen molar-refractivity contribution in [2.75, 3.05) is 11.4 Å². The van der Waals surface area contributed by atoms with E-state index < -0.39 is 23.5 Å². The van der Waals surface area contributed by atoms with Gasteiger partial charge in [-0.15, -0.1) is 0 Å². The molecular weight excluding hydrogens is 300 g/mol. The van der Waals surface area contributed by atoms with E-state index in [9.17, 15) is 18.8 Å². The number of nitriles is 1. The zero-order valence-corrected chi connectivity index (χ0v) is 12.8. The van der Waals surface area contributed by atoms with Gasteiger partial charge in [-0.25, -0.2) is 8.78 Å². The van der Waals surface area contributed by atoms with Crippen LogP contribution in [0.5, 0.6) is 0 Å². The molecule has 0 saturated carbocycles. The maximum atomic E-state index is 14.8. The highest BCUT2D eigenvalue weighted by molar-refractivity contribution is 5.86. The molecule has 0 aliphatic carbocycles. The summed E-state index contributed by atoms with van der Waals surface area (Å²) in [5.74, 6) is -3.11. The van der Waals surface area contributed by atoms with Crippen LogP contribution in [0.3, 0.4) is 0 Å². The number of amides is 1. The monoisotopic (exact) mass is 317 g/mol. The second-order valence-corrected chi connectivity index (χ2v) is 6.11. The fourth-order valence-electron chi connectivity index (χ4n) is 3.20. The average molecular weight is 317 g/mol. The van der Waals surface area contributed by atoms with Gasteiger partial charge < -0.3 is 10.2 Å². The number of benzene rings is 1. The number of carbonyl (C=O) groups is 1. The number of anilines is 1. The Morgan fingerprint density at radius 2 is 2.17 bits per heavy atom. The third-order valence-corrected chi connectivity index (χ3v) is 4.67. The van der Waals surface area contributed by atoms with Gasteiger partial charge in [-0.3, -0.25) is 4.79 Å². The summed E-state index contributed by atoms with van der Waals surface area (Å²) in [7, 11) is 0. The normalized spacial score (nSPS) is 24.0. The SMILES string of the molecule is C=C1CCC(c2c(F)cc(N3CCC3C)c(C#N)c2F)C(=O)N1. The predicted octanol–water partition coefficient (Wildman–Crippen LogP) is 2.94. The first kappa shape index (κ1) is 15.5. The first-order chi connectivity index (χ1) is 10.9. The fraction of sp³-hybridized carbons (Fsp3) is 0.412. The van der Waals surface area contributed by atoms with Gasteiger partial charge in [0, 0.05) is 23.8 Å². The maximum Gasteiger partial charge on any atom is 0.231 e. The number of piperidine rings is 1. The third-order valence-electron chi connectivity index (χ3n) is 4.67. The molecule has 0 bridgehead atoms. The number of hydrogen-bond donors (Lipinski definition) is 1. The van der Waals surface area contributed by atoms with Crippen molar-refractivity contribution in [1.29, 1.82) is 5.26 Å². The lowest BCUT2D eigenvalue weighted by Gasteiger charge is -2.41. The first-order valence-electron chi connectivity index (χ1n) is 7.61. The smallest absolute Gasteiger partial charge is 0.231 e. The number of rotatable bonds is 2. The predicted molar refractivity (Wildman–Crippen MR) is 81.8 cm³/mol. The molecular formula is C17H17F2N3O. The van der Waals surface area contributed by atoms with E-state index in [0.29, 0.717) is 18.7 Å². The van der Waals surface area contributed by atoms with Crippen LogP contribution >= 0.6 is 0 Å². The van der Waals surface area contributed by atoms with E-state index in [0.717, 1.165) is 6.42 Å². The van der Waals surface area contributed by atoms with Gasteiger partial charge in [0.15, 0.2) is 0 Å². The standard InChI is InChI=1S/C17H17F2N3O/c1-9-3-4-11(17(23)21-9)15-13(18)7-14(12(8-20)16(15)19)22-6-5-10(22)2/h7,10-11H,1,3-6H2,2H3,(H,21,23). The molecule has 2 heterocycles. The van der Waals surface area contributed by atoms with Gasteiger partial charge in [0.05, 0.1) is 11.6 Å². The number of nitrogens with zero attached hydrogens (tertiary/aromatic N) is 2. The molecule has 2 aliphatic heterocycles. The Hall–Kier alpha value is -2.42. The zero-order valence-electron chi connectivity index (χ0n) is 12.8. The molecule has 0 aromatic heterocycles. The van der Waals surface area contributed by atoms with Gasteiger partial charge in [0.2, 0.25) is 5.91 Å². The van der Waals surface area contributed by atoms with Crippen LogP contribution in [-0.2, 0) is 4.79 Å². The Morgan fingerprint density at radius 1 is 1.43 bits per heavy atom. The van der Waals surface area contributed by atoms with Crippen molar-refractivity contribution in [3.63, 3.8) is 0 Å². The number of carbonyl (C=O) groups excluding carboxylic acids is 1. The Kier molecular flexibility index (Phi) is 3.80. The highest BCUT2D eigenvalue weighted by Gasteiger charge is 2.35. The summed E-state index contributed by atoms with van der Waals surface area (Å²) in [5.41, 5.74) is 0.304. The van der Waals surface area contributed by atoms with Crippen molar-refractivity contribution < 1.29 is 13.6 Å². The summed E-state index contributed by atoms with van der Waals surface area (Å²) < 4.78 is 29.4. The Bertz CT molecular complexity index is 738. The molecule has 0 radical (unpaired) electrons. The molecule has 2 fully saturated rings. The zero-order chi connectivity index (χ0) is 16.7. The van der Waals surface area contributed by atoms with Crippen molar-refractivity contribution in [1.82, 2.24) is 5.32 Å². The Morgan fingerprint density at radius 3 is 2.70 bits per heavy atom.